The first-order valence-corrected chi connectivity index (χ1v) is 10.3. The molecule has 0 spiro atoms. The topological polar surface area (TPSA) is 78.8 Å². The van der Waals surface area contributed by atoms with Crippen molar-refractivity contribution in [3.63, 3.8) is 0 Å². The quantitative estimate of drug-likeness (QED) is 0.786. The van der Waals surface area contributed by atoms with Crippen LogP contribution in [0.15, 0.2) is 52.4 Å². The first-order chi connectivity index (χ1) is 12.2. The Morgan fingerprint density at radius 3 is 2.42 bits per heavy atom. The number of hydrogen-bond acceptors (Lipinski definition) is 4. The molecule has 1 heterocycles. The lowest BCUT2D eigenvalue weighted by atomic mass is 10.2. The van der Waals surface area contributed by atoms with Crippen LogP contribution in [-0.2, 0) is 14.6 Å². The Balaban J connectivity index is 1.91. The van der Waals surface area contributed by atoms with E-state index in [1.165, 1.54) is 29.3 Å². The number of aryl methyl sites for hydroxylation is 1. The van der Waals surface area contributed by atoms with E-state index in [0.717, 1.165) is 11.8 Å². The summed E-state index contributed by atoms with van der Waals surface area (Å²) < 4.78 is 23.1. The highest BCUT2D eigenvalue weighted by atomic mass is 35.5. The van der Waals surface area contributed by atoms with Crippen molar-refractivity contribution in [1.82, 2.24) is 5.43 Å². The van der Waals surface area contributed by atoms with E-state index < -0.39 is 21.1 Å². The Labute approximate surface area is 161 Å². The average Bonchev–Trinajstić information content (AvgIpc) is 2.86. The van der Waals surface area contributed by atoms with Gasteiger partial charge < -0.3 is 0 Å². The summed E-state index contributed by atoms with van der Waals surface area (Å²) in [5.41, 5.74) is 4.78. The van der Waals surface area contributed by atoms with Gasteiger partial charge >= 0.3 is 0 Å². The summed E-state index contributed by atoms with van der Waals surface area (Å²) in [4.78, 5) is 17.0. The average molecular weight is 412 g/mol. The van der Waals surface area contributed by atoms with Crippen LogP contribution < -0.4 is 10.4 Å². The van der Waals surface area contributed by atoms with Crippen LogP contribution in [0.5, 0.6) is 0 Å². The van der Waals surface area contributed by atoms with E-state index in [0.29, 0.717) is 16.4 Å². The summed E-state index contributed by atoms with van der Waals surface area (Å²) in [6, 6.07) is 11.3. The van der Waals surface area contributed by atoms with Crippen LogP contribution in [0, 0.1) is 6.92 Å². The fraction of sp³-hybridized carbons (Fsp3) is 0.176. The summed E-state index contributed by atoms with van der Waals surface area (Å²) in [6.45, 7) is 1.90. The van der Waals surface area contributed by atoms with Gasteiger partial charge in [0.2, 0.25) is 0 Å². The molecule has 0 radical (unpaired) electrons. The molecule has 0 saturated carbocycles. The van der Waals surface area contributed by atoms with Crippen LogP contribution in [0.4, 0.5) is 11.4 Å². The third-order valence-electron chi connectivity index (χ3n) is 3.77. The Bertz CT molecular complexity index is 1000. The van der Waals surface area contributed by atoms with Gasteiger partial charge in [-0.15, -0.1) is 11.6 Å². The third kappa shape index (κ3) is 3.70. The van der Waals surface area contributed by atoms with E-state index in [2.05, 4.69) is 10.4 Å². The zero-order valence-electron chi connectivity index (χ0n) is 13.9. The molecule has 0 aliphatic carbocycles. The van der Waals surface area contributed by atoms with E-state index in [-0.39, 0.29) is 10.7 Å². The minimum absolute atomic E-state index is 0.163. The lowest BCUT2D eigenvalue weighted by Crippen LogP contribution is -2.35. The van der Waals surface area contributed by atoms with Gasteiger partial charge in [-0.05, 0) is 48.9 Å². The number of nitrogens with one attached hydrogen (secondary N) is 1. The normalized spacial score (nSPS) is 19.1. The molecule has 3 rings (SSSR count). The zero-order valence-corrected chi connectivity index (χ0v) is 16.2. The number of nitrogens with zero attached hydrogens (tertiary/aromatic N) is 2. The molecule has 1 unspecified atom stereocenters. The van der Waals surface area contributed by atoms with Crippen molar-refractivity contribution in [3.05, 3.63) is 53.1 Å². The summed E-state index contributed by atoms with van der Waals surface area (Å²) >= 11 is 12.3. The number of alkyl halides is 1. The van der Waals surface area contributed by atoms with Crippen LogP contribution in [0.1, 0.15) is 5.56 Å². The smallest absolute Gasteiger partial charge is 0.271 e. The Hall–Kier alpha value is -2.09. The molecule has 0 aromatic heterocycles. The van der Waals surface area contributed by atoms with Crippen molar-refractivity contribution >= 4 is 56.2 Å². The van der Waals surface area contributed by atoms with Crippen molar-refractivity contribution in [1.29, 1.82) is 0 Å². The molecule has 1 N–H and O–H groups in total. The molecule has 2 aromatic carbocycles. The van der Waals surface area contributed by atoms with E-state index >= 15 is 0 Å². The number of hydrogen-bond donors (Lipinski definition) is 1. The van der Waals surface area contributed by atoms with Crippen LogP contribution in [-0.4, -0.2) is 31.8 Å². The number of amides is 1. The number of anilines is 1. The predicted molar refractivity (Wildman–Crippen MR) is 103 cm³/mol. The SMILES string of the molecule is Cc1ccc(Cl)c(N=C2NN(c3ccc(S(C)(=O)=O)cc3)C(=O)C2Cl)c1. The van der Waals surface area contributed by atoms with Gasteiger partial charge in [-0.3, -0.25) is 10.2 Å². The van der Waals surface area contributed by atoms with Gasteiger partial charge in [0.1, 0.15) is 5.84 Å². The highest BCUT2D eigenvalue weighted by molar-refractivity contribution is 7.90. The van der Waals surface area contributed by atoms with Gasteiger partial charge in [0.05, 0.1) is 21.3 Å². The zero-order chi connectivity index (χ0) is 19.1. The summed E-state index contributed by atoms with van der Waals surface area (Å²) in [5, 5.41) is 0.671. The Morgan fingerprint density at radius 1 is 1.15 bits per heavy atom. The van der Waals surface area contributed by atoms with Crippen molar-refractivity contribution in [2.75, 3.05) is 11.3 Å². The molecule has 1 amide bonds. The number of carbonyl (C=O) groups is 1. The summed E-state index contributed by atoms with van der Waals surface area (Å²) in [5.74, 6) is -0.169. The second-order valence-corrected chi connectivity index (χ2v) is 8.73. The Morgan fingerprint density at radius 2 is 1.81 bits per heavy atom. The molecule has 1 aliphatic rings. The molecule has 26 heavy (non-hydrogen) atoms. The number of amidine groups is 1. The molecule has 1 fully saturated rings. The van der Waals surface area contributed by atoms with E-state index in [9.17, 15) is 13.2 Å². The lowest BCUT2D eigenvalue weighted by molar-refractivity contribution is -0.116. The van der Waals surface area contributed by atoms with Crippen LogP contribution in [0.2, 0.25) is 5.02 Å². The molecule has 9 heteroatoms. The van der Waals surface area contributed by atoms with Gasteiger partial charge in [0.25, 0.3) is 5.91 Å². The number of halogens is 2. The monoisotopic (exact) mass is 411 g/mol. The van der Waals surface area contributed by atoms with E-state index in [1.54, 1.807) is 12.1 Å². The second kappa shape index (κ2) is 6.90. The first-order valence-electron chi connectivity index (χ1n) is 7.56. The summed E-state index contributed by atoms with van der Waals surface area (Å²) in [6.07, 6.45) is 1.12. The highest BCUT2D eigenvalue weighted by Gasteiger charge is 2.37. The molecule has 0 bridgehead atoms. The number of sulfone groups is 1. The largest absolute Gasteiger partial charge is 0.276 e. The minimum Gasteiger partial charge on any atom is -0.276 e. The number of hydrazine groups is 1. The fourth-order valence-corrected chi connectivity index (χ4v) is 3.40. The minimum atomic E-state index is -3.32. The molecule has 1 atom stereocenters. The van der Waals surface area contributed by atoms with Gasteiger partial charge in [0, 0.05) is 6.26 Å². The number of aliphatic imine (C=N–C) groups is 1. The van der Waals surface area contributed by atoms with Crippen LogP contribution in [0.25, 0.3) is 0 Å². The maximum Gasteiger partial charge on any atom is 0.271 e. The van der Waals surface area contributed by atoms with E-state index in [1.807, 2.05) is 13.0 Å². The standard InChI is InChI=1S/C17H15Cl2N3O3S/c1-10-3-8-13(18)14(9-10)20-16-15(19)17(23)22(21-16)11-4-6-12(7-5-11)26(2,24)25/h3-9,15H,1-2H3,(H,20,21). The molecule has 2 aromatic rings. The van der Waals surface area contributed by atoms with Gasteiger partial charge in [0.15, 0.2) is 15.2 Å². The number of rotatable bonds is 3. The Kier molecular flexibility index (Phi) is 4.96. The molecule has 1 saturated heterocycles. The molecule has 136 valence electrons. The number of carbonyl (C=O) groups excluding carboxylic acids is 1. The molecule has 1 aliphatic heterocycles. The van der Waals surface area contributed by atoms with Gasteiger partial charge in [-0.2, -0.15) is 0 Å². The molecular weight excluding hydrogens is 397 g/mol. The molecular formula is C17H15Cl2N3O3S. The van der Waals surface area contributed by atoms with Gasteiger partial charge in [-0.1, -0.05) is 17.7 Å². The third-order valence-corrected chi connectivity index (χ3v) is 5.61. The maximum atomic E-state index is 12.4. The van der Waals surface area contributed by atoms with E-state index in [4.69, 9.17) is 23.2 Å². The first kappa shape index (κ1) is 18.7. The predicted octanol–water partition coefficient (Wildman–Crippen LogP) is 3.24. The number of benzene rings is 2. The van der Waals surface area contributed by atoms with Crippen molar-refractivity contribution in [3.8, 4) is 0 Å². The van der Waals surface area contributed by atoms with Crippen molar-refractivity contribution in [2.45, 2.75) is 17.2 Å². The van der Waals surface area contributed by atoms with Crippen LogP contribution in [0.3, 0.4) is 0 Å². The lowest BCUT2D eigenvalue weighted by Gasteiger charge is -2.16. The van der Waals surface area contributed by atoms with Crippen molar-refractivity contribution < 1.29 is 13.2 Å². The van der Waals surface area contributed by atoms with Crippen LogP contribution >= 0.6 is 23.2 Å². The second-order valence-electron chi connectivity index (χ2n) is 5.87. The van der Waals surface area contributed by atoms with Gasteiger partial charge in [-0.25, -0.2) is 18.4 Å². The molecule has 6 nitrogen and oxygen atoms in total. The van der Waals surface area contributed by atoms with Crippen molar-refractivity contribution in [2.24, 2.45) is 4.99 Å². The highest BCUT2D eigenvalue weighted by Crippen LogP contribution is 2.28. The maximum absolute atomic E-state index is 12.4. The fourth-order valence-electron chi connectivity index (χ4n) is 2.41. The summed E-state index contributed by atoms with van der Waals surface area (Å²) in [7, 11) is -3.32.